The van der Waals surface area contributed by atoms with Crippen molar-refractivity contribution in [2.45, 2.75) is 33.4 Å². The molecule has 0 radical (unpaired) electrons. The molecule has 7 heteroatoms. The highest BCUT2D eigenvalue weighted by atomic mass is 16.5. The summed E-state index contributed by atoms with van der Waals surface area (Å²) in [5, 5.41) is 11.9. The van der Waals surface area contributed by atoms with Crippen LogP contribution in [0, 0.1) is 18.3 Å². The monoisotopic (exact) mass is 412 g/mol. The molecular formula is C24H24N6O. The zero-order valence-corrected chi connectivity index (χ0v) is 17.8. The molecule has 0 aliphatic heterocycles. The molecule has 4 rings (SSSR count). The number of hydrogen-bond acceptors (Lipinski definition) is 6. The maximum Gasteiger partial charge on any atom is 0.236 e. The second-order valence-corrected chi connectivity index (χ2v) is 7.61. The summed E-state index contributed by atoms with van der Waals surface area (Å²) in [7, 11) is 0. The van der Waals surface area contributed by atoms with E-state index >= 15 is 0 Å². The summed E-state index contributed by atoms with van der Waals surface area (Å²) in [6.45, 7) is 6.33. The Bertz CT molecular complexity index is 1260. The van der Waals surface area contributed by atoms with E-state index in [1.165, 1.54) is 0 Å². The number of hydrazine groups is 1. The lowest BCUT2D eigenvalue weighted by molar-refractivity contribution is 0.241. The summed E-state index contributed by atoms with van der Waals surface area (Å²) in [5.74, 6) is 7.92. The Morgan fingerprint density at radius 2 is 1.94 bits per heavy atom. The SMILES string of the molecule is Cc1cc2c(C#N)cccc2n1-c1ncc(OC(C)C)c(N(N)Cc2ccccc2)n1. The van der Waals surface area contributed by atoms with Gasteiger partial charge in [0.1, 0.15) is 0 Å². The zero-order valence-electron chi connectivity index (χ0n) is 17.8. The van der Waals surface area contributed by atoms with Gasteiger partial charge in [-0.15, -0.1) is 0 Å². The van der Waals surface area contributed by atoms with E-state index in [4.69, 9.17) is 15.6 Å². The lowest BCUT2D eigenvalue weighted by Crippen LogP contribution is -2.32. The van der Waals surface area contributed by atoms with Crippen molar-refractivity contribution in [3.8, 4) is 17.8 Å². The molecule has 31 heavy (non-hydrogen) atoms. The standard InChI is InChI=1S/C24H24N6O/c1-16(2)31-22-14-27-24(28-23(22)29(26)15-18-8-5-4-6-9-18)30-17(3)12-20-19(13-25)10-7-11-21(20)30/h4-12,14,16H,15,26H2,1-3H3. The first kappa shape index (κ1) is 20.4. The van der Waals surface area contributed by atoms with Crippen LogP contribution in [-0.4, -0.2) is 20.6 Å². The Kier molecular flexibility index (Phi) is 5.56. The van der Waals surface area contributed by atoms with Crippen molar-refractivity contribution in [2.24, 2.45) is 5.84 Å². The van der Waals surface area contributed by atoms with Crippen molar-refractivity contribution in [1.29, 1.82) is 5.26 Å². The molecule has 2 N–H and O–H groups in total. The van der Waals surface area contributed by atoms with Gasteiger partial charge in [0.2, 0.25) is 5.95 Å². The highest BCUT2D eigenvalue weighted by molar-refractivity contribution is 5.88. The fraction of sp³-hybridized carbons (Fsp3) is 0.208. The molecule has 0 bridgehead atoms. The van der Waals surface area contributed by atoms with Crippen molar-refractivity contribution in [2.75, 3.05) is 5.01 Å². The third-order valence-electron chi connectivity index (χ3n) is 4.90. The third-order valence-corrected chi connectivity index (χ3v) is 4.90. The van der Waals surface area contributed by atoms with Gasteiger partial charge in [-0.25, -0.2) is 10.8 Å². The van der Waals surface area contributed by atoms with Crippen LogP contribution < -0.4 is 15.6 Å². The Balaban J connectivity index is 1.82. The predicted octanol–water partition coefficient (Wildman–Crippen LogP) is 4.27. The number of rotatable bonds is 6. The molecule has 4 aromatic rings. The Hall–Kier alpha value is -3.89. The topological polar surface area (TPSA) is 93.0 Å². The Labute approximate surface area is 181 Å². The second kappa shape index (κ2) is 8.46. The lowest BCUT2D eigenvalue weighted by Gasteiger charge is -2.22. The van der Waals surface area contributed by atoms with E-state index in [9.17, 15) is 5.26 Å². The molecular weight excluding hydrogens is 388 g/mol. The molecule has 2 aromatic heterocycles. The largest absolute Gasteiger partial charge is 0.485 e. The first-order chi connectivity index (χ1) is 15.0. The van der Waals surface area contributed by atoms with Gasteiger partial charge in [-0.3, -0.25) is 9.58 Å². The van der Waals surface area contributed by atoms with Crippen molar-refractivity contribution in [3.63, 3.8) is 0 Å². The van der Waals surface area contributed by atoms with Crippen LogP contribution in [-0.2, 0) is 6.54 Å². The van der Waals surface area contributed by atoms with Crippen LogP contribution in [0.2, 0.25) is 0 Å². The van der Waals surface area contributed by atoms with Crippen LogP contribution in [0.4, 0.5) is 5.82 Å². The van der Waals surface area contributed by atoms with Gasteiger partial charge in [0.05, 0.1) is 36.0 Å². The Morgan fingerprint density at radius 3 is 2.65 bits per heavy atom. The molecule has 0 saturated carbocycles. The highest BCUT2D eigenvalue weighted by Crippen LogP contribution is 2.30. The van der Waals surface area contributed by atoms with Crippen LogP contribution >= 0.6 is 0 Å². The minimum atomic E-state index is -0.0503. The first-order valence-electron chi connectivity index (χ1n) is 10.1. The number of nitrogens with two attached hydrogens (primary N) is 1. The van der Waals surface area contributed by atoms with E-state index < -0.39 is 0 Å². The van der Waals surface area contributed by atoms with Crippen LogP contribution in [0.5, 0.6) is 5.75 Å². The summed E-state index contributed by atoms with van der Waals surface area (Å²) in [4.78, 5) is 9.33. The third kappa shape index (κ3) is 4.06. The van der Waals surface area contributed by atoms with E-state index in [1.54, 1.807) is 17.3 Å². The van der Waals surface area contributed by atoms with Crippen LogP contribution in [0.15, 0.2) is 60.8 Å². The number of hydrogen-bond donors (Lipinski definition) is 1. The molecule has 0 fully saturated rings. The second-order valence-electron chi connectivity index (χ2n) is 7.61. The van der Waals surface area contributed by atoms with E-state index in [1.807, 2.05) is 73.9 Å². The van der Waals surface area contributed by atoms with Crippen LogP contribution in [0.25, 0.3) is 16.9 Å². The fourth-order valence-electron chi connectivity index (χ4n) is 3.58. The number of aromatic nitrogens is 3. The zero-order chi connectivity index (χ0) is 22.0. The molecule has 2 heterocycles. The fourth-order valence-corrected chi connectivity index (χ4v) is 3.58. The van der Waals surface area contributed by atoms with Gasteiger partial charge < -0.3 is 4.74 Å². The van der Waals surface area contributed by atoms with Crippen LogP contribution in [0.3, 0.4) is 0 Å². The van der Waals surface area contributed by atoms with E-state index in [-0.39, 0.29) is 6.10 Å². The minimum Gasteiger partial charge on any atom is -0.485 e. The van der Waals surface area contributed by atoms with Gasteiger partial charge in [0.25, 0.3) is 0 Å². The van der Waals surface area contributed by atoms with Gasteiger partial charge >= 0.3 is 0 Å². The van der Waals surface area contributed by atoms with E-state index in [0.717, 1.165) is 22.2 Å². The average molecular weight is 412 g/mol. The number of nitriles is 1. The Morgan fingerprint density at radius 1 is 1.16 bits per heavy atom. The maximum absolute atomic E-state index is 9.45. The smallest absolute Gasteiger partial charge is 0.236 e. The summed E-state index contributed by atoms with van der Waals surface area (Å²) in [5.41, 5.74) is 3.46. The molecule has 2 aromatic carbocycles. The average Bonchev–Trinajstić information content (AvgIpc) is 3.10. The number of fused-ring (bicyclic) bond motifs is 1. The molecule has 0 saturated heterocycles. The number of anilines is 1. The number of benzene rings is 2. The molecule has 7 nitrogen and oxygen atoms in total. The van der Waals surface area contributed by atoms with Crippen molar-refractivity contribution < 1.29 is 4.74 Å². The number of ether oxygens (including phenoxy) is 1. The lowest BCUT2D eigenvalue weighted by atomic mass is 10.1. The normalized spacial score (nSPS) is 11.0. The molecule has 0 aliphatic carbocycles. The predicted molar refractivity (Wildman–Crippen MR) is 121 cm³/mol. The summed E-state index contributed by atoms with van der Waals surface area (Å²) in [6.07, 6.45) is 1.60. The summed E-state index contributed by atoms with van der Waals surface area (Å²) in [6, 6.07) is 19.8. The number of aryl methyl sites for hydroxylation is 1. The van der Waals surface area contributed by atoms with Gasteiger partial charge in [-0.05, 0) is 44.5 Å². The summed E-state index contributed by atoms with van der Waals surface area (Å²) < 4.78 is 7.86. The van der Waals surface area contributed by atoms with E-state index in [2.05, 4.69) is 11.1 Å². The maximum atomic E-state index is 9.45. The number of nitrogens with zero attached hydrogens (tertiary/aromatic N) is 5. The minimum absolute atomic E-state index is 0.0503. The molecule has 0 aliphatic rings. The highest BCUT2D eigenvalue weighted by Gasteiger charge is 2.19. The van der Waals surface area contributed by atoms with Gasteiger partial charge in [-0.1, -0.05) is 36.4 Å². The van der Waals surface area contributed by atoms with Crippen molar-refractivity contribution in [1.82, 2.24) is 14.5 Å². The van der Waals surface area contributed by atoms with Gasteiger partial charge in [-0.2, -0.15) is 10.2 Å². The van der Waals surface area contributed by atoms with Crippen LogP contribution in [0.1, 0.15) is 30.7 Å². The van der Waals surface area contributed by atoms with Crippen molar-refractivity contribution >= 4 is 16.7 Å². The molecule has 0 unspecified atom stereocenters. The summed E-state index contributed by atoms with van der Waals surface area (Å²) >= 11 is 0. The quantitative estimate of drug-likeness (QED) is 0.376. The first-order valence-corrected chi connectivity index (χ1v) is 10.1. The molecule has 0 spiro atoms. The molecule has 0 atom stereocenters. The molecule has 0 amide bonds. The van der Waals surface area contributed by atoms with Gasteiger partial charge in [0, 0.05) is 11.1 Å². The van der Waals surface area contributed by atoms with E-state index in [0.29, 0.717) is 29.6 Å². The molecule has 156 valence electrons. The van der Waals surface area contributed by atoms with Crippen molar-refractivity contribution in [3.05, 3.63) is 77.6 Å². The van der Waals surface area contributed by atoms with Gasteiger partial charge in [0.15, 0.2) is 11.6 Å².